The first-order chi connectivity index (χ1) is 9.15. The molecule has 2 amide bonds. The van der Waals surface area contributed by atoms with Crippen LogP contribution in [0.25, 0.3) is 0 Å². The molecule has 0 aliphatic rings. The topological polar surface area (TPSA) is 81.4 Å². The first-order valence-corrected chi connectivity index (χ1v) is 6.47. The summed E-state index contributed by atoms with van der Waals surface area (Å²) < 4.78 is 0. The molecule has 0 saturated carbocycles. The van der Waals surface area contributed by atoms with Crippen LogP contribution in [0, 0.1) is 0 Å². The lowest BCUT2D eigenvalue weighted by Gasteiger charge is -2.06. The molecule has 0 aromatic heterocycles. The van der Waals surface area contributed by atoms with Crippen LogP contribution < -0.4 is 11.2 Å². The predicted octanol–water partition coefficient (Wildman–Crippen LogP) is 2.03. The Morgan fingerprint density at radius 3 is 2.32 bits per heavy atom. The summed E-state index contributed by atoms with van der Waals surface area (Å²) in [7, 11) is 0. The Hall–Kier alpha value is -1.88. The Kier molecular flexibility index (Phi) is 6.60. The number of unbranched alkanes of at least 4 members (excludes halogenated alkanes) is 3. The van der Waals surface area contributed by atoms with Crippen molar-refractivity contribution in [2.24, 2.45) is 5.73 Å². The third kappa shape index (κ3) is 5.52. The highest BCUT2D eigenvalue weighted by atomic mass is 16.6. The van der Waals surface area contributed by atoms with E-state index in [4.69, 9.17) is 10.6 Å². The van der Waals surface area contributed by atoms with E-state index in [1.54, 1.807) is 0 Å². The second-order valence-corrected chi connectivity index (χ2v) is 4.28. The zero-order chi connectivity index (χ0) is 14.1. The summed E-state index contributed by atoms with van der Waals surface area (Å²) >= 11 is 0. The lowest BCUT2D eigenvalue weighted by molar-refractivity contribution is 0.0297. The smallest absolute Gasteiger partial charge is 0.274 e. The molecular formula is C14H20N2O3. The minimum Gasteiger partial charge on any atom is -0.366 e. The number of amides is 2. The third-order valence-corrected chi connectivity index (χ3v) is 2.70. The van der Waals surface area contributed by atoms with Crippen LogP contribution in [0.2, 0.25) is 0 Å². The van der Waals surface area contributed by atoms with Crippen molar-refractivity contribution >= 4 is 11.8 Å². The average Bonchev–Trinajstić information content (AvgIpc) is 2.42. The number of carbonyl (C=O) groups excluding carboxylic acids is 2. The number of hydroxylamine groups is 1. The fourth-order valence-electron chi connectivity index (χ4n) is 1.56. The van der Waals surface area contributed by atoms with E-state index >= 15 is 0 Å². The number of nitrogens with two attached hydrogens (primary N) is 1. The van der Waals surface area contributed by atoms with Crippen LogP contribution in [-0.2, 0) is 4.84 Å². The third-order valence-electron chi connectivity index (χ3n) is 2.70. The second kappa shape index (κ2) is 8.26. The van der Waals surface area contributed by atoms with Crippen molar-refractivity contribution in [2.45, 2.75) is 32.6 Å². The van der Waals surface area contributed by atoms with Crippen LogP contribution in [0.4, 0.5) is 0 Å². The van der Waals surface area contributed by atoms with E-state index in [1.165, 1.54) is 37.1 Å². The van der Waals surface area contributed by atoms with E-state index in [0.717, 1.165) is 12.8 Å². The van der Waals surface area contributed by atoms with Crippen LogP contribution >= 0.6 is 0 Å². The molecule has 1 rings (SSSR count). The van der Waals surface area contributed by atoms with Crippen LogP contribution in [0.15, 0.2) is 24.3 Å². The van der Waals surface area contributed by atoms with Gasteiger partial charge in [-0.15, -0.1) is 0 Å². The fourth-order valence-corrected chi connectivity index (χ4v) is 1.56. The van der Waals surface area contributed by atoms with Crippen molar-refractivity contribution in [1.29, 1.82) is 0 Å². The van der Waals surface area contributed by atoms with Gasteiger partial charge in [0.05, 0.1) is 6.61 Å². The van der Waals surface area contributed by atoms with Crippen LogP contribution in [0.5, 0.6) is 0 Å². The molecule has 0 bridgehead atoms. The van der Waals surface area contributed by atoms with Gasteiger partial charge < -0.3 is 5.73 Å². The molecule has 5 nitrogen and oxygen atoms in total. The van der Waals surface area contributed by atoms with Crippen LogP contribution in [-0.4, -0.2) is 18.4 Å². The zero-order valence-corrected chi connectivity index (χ0v) is 11.1. The molecule has 1 aromatic rings. The van der Waals surface area contributed by atoms with E-state index < -0.39 is 5.91 Å². The maximum atomic E-state index is 11.7. The lowest BCUT2D eigenvalue weighted by atomic mass is 10.1. The standard InChI is InChI=1S/C14H20N2O3/c1-2-3-4-5-10-19-16-14(18)12-8-6-11(7-9-12)13(15)17/h6-9H,2-5,10H2,1H3,(H2,15,17)(H,16,18). The monoisotopic (exact) mass is 264 g/mol. The summed E-state index contributed by atoms with van der Waals surface area (Å²) in [6, 6.07) is 6.10. The second-order valence-electron chi connectivity index (χ2n) is 4.28. The van der Waals surface area contributed by atoms with Crippen molar-refractivity contribution < 1.29 is 14.4 Å². The summed E-state index contributed by atoms with van der Waals surface area (Å²) in [4.78, 5) is 27.6. The molecule has 1 aromatic carbocycles. The summed E-state index contributed by atoms with van der Waals surface area (Å²) in [6.45, 7) is 2.64. The van der Waals surface area contributed by atoms with Gasteiger partial charge in [-0.3, -0.25) is 14.4 Å². The van der Waals surface area contributed by atoms with Gasteiger partial charge in [-0.2, -0.15) is 0 Å². The summed E-state index contributed by atoms with van der Waals surface area (Å²) in [5, 5.41) is 0. The first kappa shape index (κ1) is 15.2. The number of nitrogens with one attached hydrogen (secondary N) is 1. The molecule has 0 aliphatic carbocycles. The fraction of sp³-hybridized carbons (Fsp3) is 0.429. The molecule has 0 radical (unpaired) electrons. The molecular weight excluding hydrogens is 244 g/mol. The molecule has 0 aliphatic heterocycles. The van der Waals surface area contributed by atoms with Crippen molar-refractivity contribution in [3.05, 3.63) is 35.4 Å². The summed E-state index contributed by atoms with van der Waals surface area (Å²) in [5.74, 6) is -0.842. The number of rotatable bonds is 8. The highest BCUT2D eigenvalue weighted by molar-refractivity contribution is 5.96. The van der Waals surface area contributed by atoms with E-state index in [2.05, 4.69) is 12.4 Å². The molecule has 0 spiro atoms. The number of hydrogen-bond donors (Lipinski definition) is 2. The molecule has 0 unspecified atom stereocenters. The Labute approximate surface area is 113 Å². The number of benzene rings is 1. The Morgan fingerprint density at radius 1 is 1.11 bits per heavy atom. The highest BCUT2D eigenvalue weighted by Crippen LogP contribution is 2.04. The molecule has 0 heterocycles. The predicted molar refractivity (Wildman–Crippen MR) is 72.5 cm³/mol. The molecule has 19 heavy (non-hydrogen) atoms. The zero-order valence-electron chi connectivity index (χ0n) is 11.1. The Bertz CT molecular complexity index is 415. The SMILES string of the molecule is CCCCCCONC(=O)c1ccc(C(N)=O)cc1. The molecule has 0 saturated heterocycles. The van der Waals surface area contributed by atoms with Gasteiger partial charge in [0.1, 0.15) is 0 Å². The summed E-state index contributed by atoms with van der Waals surface area (Å²) in [5.41, 5.74) is 8.28. The maximum Gasteiger partial charge on any atom is 0.274 e. The largest absolute Gasteiger partial charge is 0.366 e. The minimum absolute atomic E-state index is 0.327. The molecule has 0 fully saturated rings. The molecule has 0 atom stereocenters. The van der Waals surface area contributed by atoms with Crippen molar-refractivity contribution in [2.75, 3.05) is 6.61 Å². The first-order valence-electron chi connectivity index (χ1n) is 6.47. The van der Waals surface area contributed by atoms with E-state index in [-0.39, 0.29) is 5.91 Å². The summed E-state index contributed by atoms with van der Waals surface area (Å²) in [6.07, 6.45) is 4.36. The van der Waals surface area contributed by atoms with Gasteiger partial charge in [-0.05, 0) is 30.7 Å². The van der Waals surface area contributed by atoms with Gasteiger partial charge in [-0.25, -0.2) is 5.48 Å². The highest BCUT2D eigenvalue weighted by Gasteiger charge is 2.06. The number of hydrogen-bond acceptors (Lipinski definition) is 3. The maximum absolute atomic E-state index is 11.7. The lowest BCUT2D eigenvalue weighted by Crippen LogP contribution is -2.24. The van der Waals surface area contributed by atoms with Gasteiger partial charge in [0, 0.05) is 11.1 Å². The van der Waals surface area contributed by atoms with Gasteiger partial charge in [0.25, 0.3) is 5.91 Å². The van der Waals surface area contributed by atoms with Crippen molar-refractivity contribution in [3.8, 4) is 0 Å². The average molecular weight is 264 g/mol. The van der Waals surface area contributed by atoms with Crippen molar-refractivity contribution in [1.82, 2.24) is 5.48 Å². The Morgan fingerprint density at radius 2 is 1.74 bits per heavy atom. The molecule has 104 valence electrons. The van der Waals surface area contributed by atoms with Crippen LogP contribution in [0.3, 0.4) is 0 Å². The van der Waals surface area contributed by atoms with Crippen LogP contribution in [0.1, 0.15) is 53.3 Å². The minimum atomic E-state index is -0.515. The normalized spacial score (nSPS) is 10.2. The van der Waals surface area contributed by atoms with Gasteiger partial charge in [0.2, 0.25) is 5.91 Å². The number of primary amides is 1. The van der Waals surface area contributed by atoms with E-state index in [0.29, 0.717) is 17.7 Å². The van der Waals surface area contributed by atoms with E-state index in [1.807, 2.05) is 0 Å². The quantitative estimate of drug-likeness (QED) is 0.556. The van der Waals surface area contributed by atoms with Gasteiger partial charge >= 0.3 is 0 Å². The van der Waals surface area contributed by atoms with Gasteiger partial charge in [-0.1, -0.05) is 26.2 Å². The molecule has 5 heteroatoms. The number of carbonyl (C=O) groups is 2. The van der Waals surface area contributed by atoms with E-state index in [9.17, 15) is 9.59 Å². The molecule has 3 N–H and O–H groups in total. The van der Waals surface area contributed by atoms with Crippen molar-refractivity contribution in [3.63, 3.8) is 0 Å². The Balaban J connectivity index is 2.31. The van der Waals surface area contributed by atoms with Gasteiger partial charge in [0.15, 0.2) is 0 Å².